The monoisotopic (exact) mass is 284 g/mol. The van der Waals surface area contributed by atoms with Crippen LogP contribution in [0.1, 0.15) is 10.4 Å². The lowest BCUT2D eigenvalue weighted by molar-refractivity contribution is -0.107. The van der Waals surface area contributed by atoms with Crippen LogP contribution in [-0.4, -0.2) is 17.3 Å². The number of aromatic nitrogens is 1. The number of rotatable bonds is 4. The van der Waals surface area contributed by atoms with E-state index in [9.17, 15) is 9.59 Å². The van der Waals surface area contributed by atoms with Crippen LogP contribution in [0.15, 0.2) is 18.2 Å². The highest BCUT2D eigenvalue weighted by Crippen LogP contribution is 2.33. The number of hydrogen-bond acceptors (Lipinski definition) is 4. The Morgan fingerprint density at radius 3 is 2.72 bits per heavy atom. The fourth-order valence-corrected chi connectivity index (χ4v) is 2.49. The number of carbonyl (C=O) groups is 2. The number of amides is 2. The maximum absolute atomic E-state index is 11.3. The molecule has 0 spiro atoms. The van der Waals surface area contributed by atoms with E-state index in [1.165, 1.54) is 17.4 Å². The fourth-order valence-electron chi connectivity index (χ4n) is 1.48. The molecule has 0 radical (unpaired) electrons. The van der Waals surface area contributed by atoms with Crippen LogP contribution in [0, 0.1) is 0 Å². The van der Waals surface area contributed by atoms with E-state index in [1.807, 2.05) is 0 Å². The highest BCUT2D eigenvalue weighted by molar-refractivity contribution is 7.19. The van der Waals surface area contributed by atoms with E-state index in [-0.39, 0.29) is 11.4 Å². The van der Waals surface area contributed by atoms with Gasteiger partial charge in [0.2, 0.25) is 6.41 Å². The molecule has 2 amide bonds. The molecule has 2 aromatic heterocycles. The normalized spacial score (nSPS) is 10.3. The summed E-state index contributed by atoms with van der Waals surface area (Å²) in [7, 11) is 0. The van der Waals surface area contributed by atoms with E-state index in [2.05, 4.69) is 4.98 Å². The average Bonchev–Trinajstić information content (AvgIpc) is 2.93. The number of H-pyrrole nitrogens is 1. The first-order chi connectivity index (χ1) is 8.52. The number of anilines is 1. The standard InChI is InChI=1S/C10H9ClN4O2S/c11-8-2-1-7(18-8)6-3-5(9(12)17)10(14-6)15(13)4-16/h1-4,14H,13H2,(H2,12,17). The first-order valence-corrected chi connectivity index (χ1v) is 6.00. The molecule has 0 aliphatic carbocycles. The van der Waals surface area contributed by atoms with E-state index in [0.29, 0.717) is 16.4 Å². The zero-order valence-corrected chi connectivity index (χ0v) is 10.6. The van der Waals surface area contributed by atoms with Gasteiger partial charge in [0.1, 0.15) is 5.82 Å². The quantitative estimate of drug-likeness (QED) is 0.341. The second-order valence-corrected chi connectivity index (χ2v) is 5.14. The van der Waals surface area contributed by atoms with Crippen molar-refractivity contribution in [1.82, 2.24) is 4.98 Å². The third kappa shape index (κ3) is 2.23. The Balaban J connectivity index is 2.51. The van der Waals surface area contributed by atoms with Crippen molar-refractivity contribution in [3.8, 4) is 10.6 Å². The number of nitrogens with zero attached hydrogens (tertiary/aromatic N) is 1. The summed E-state index contributed by atoms with van der Waals surface area (Å²) in [5.41, 5.74) is 5.99. The van der Waals surface area contributed by atoms with E-state index in [4.69, 9.17) is 23.2 Å². The largest absolute Gasteiger partial charge is 0.365 e. The van der Waals surface area contributed by atoms with Crippen LogP contribution in [0.4, 0.5) is 5.82 Å². The summed E-state index contributed by atoms with van der Waals surface area (Å²) >= 11 is 7.16. The Bertz CT molecular complexity index is 607. The first-order valence-electron chi connectivity index (χ1n) is 4.80. The van der Waals surface area contributed by atoms with Crippen LogP contribution in [-0.2, 0) is 4.79 Å². The summed E-state index contributed by atoms with van der Waals surface area (Å²) in [5, 5.41) is 0.763. The maximum atomic E-state index is 11.3. The lowest BCUT2D eigenvalue weighted by Gasteiger charge is -2.08. The topological polar surface area (TPSA) is 105 Å². The predicted molar refractivity (Wildman–Crippen MR) is 70.4 cm³/mol. The molecule has 94 valence electrons. The lowest BCUT2D eigenvalue weighted by atomic mass is 10.2. The van der Waals surface area contributed by atoms with Crippen LogP contribution < -0.4 is 16.6 Å². The molecule has 2 heterocycles. The van der Waals surface area contributed by atoms with E-state index >= 15 is 0 Å². The Labute approximate surface area is 111 Å². The molecule has 5 N–H and O–H groups in total. The Morgan fingerprint density at radius 2 is 2.22 bits per heavy atom. The van der Waals surface area contributed by atoms with Crippen molar-refractivity contribution in [2.45, 2.75) is 0 Å². The number of halogens is 1. The van der Waals surface area contributed by atoms with Crippen molar-refractivity contribution in [2.75, 3.05) is 5.01 Å². The average molecular weight is 285 g/mol. The number of carbonyl (C=O) groups excluding carboxylic acids is 2. The van der Waals surface area contributed by atoms with Crippen molar-refractivity contribution in [3.63, 3.8) is 0 Å². The first kappa shape index (κ1) is 12.6. The van der Waals surface area contributed by atoms with E-state index in [0.717, 1.165) is 9.89 Å². The molecule has 0 bridgehead atoms. The molecule has 2 rings (SSSR count). The van der Waals surface area contributed by atoms with Crippen molar-refractivity contribution in [1.29, 1.82) is 0 Å². The summed E-state index contributed by atoms with van der Waals surface area (Å²) in [4.78, 5) is 25.6. The van der Waals surface area contributed by atoms with Gasteiger partial charge in [-0.15, -0.1) is 11.3 Å². The zero-order valence-electron chi connectivity index (χ0n) is 9.01. The number of nitrogens with one attached hydrogen (secondary N) is 1. The summed E-state index contributed by atoms with van der Waals surface area (Å²) in [6.45, 7) is 0. The maximum Gasteiger partial charge on any atom is 0.252 e. The molecular weight excluding hydrogens is 276 g/mol. The molecule has 0 saturated carbocycles. The van der Waals surface area contributed by atoms with Gasteiger partial charge < -0.3 is 10.7 Å². The number of primary amides is 1. The summed E-state index contributed by atoms with van der Waals surface area (Å²) in [6, 6.07) is 5.05. The molecule has 0 aromatic carbocycles. The van der Waals surface area contributed by atoms with E-state index in [1.54, 1.807) is 12.1 Å². The van der Waals surface area contributed by atoms with Gasteiger partial charge in [0, 0.05) is 0 Å². The van der Waals surface area contributed by atoms with Crippen molar-refractivity contribution >= 4 is 41.1 Å². The van der Waals surface area contributed by atoms with Crippen molar-refractivity contribution in [3.05, 3.63) is 28.1 Å². The van der Waals surface area contributed by atoms with Gasteiger partial charge in [-0.1, -0.05) is 11.6 Å². The highest BCUT2D eigenvalue weighted by Gasteiger charge is 2.18. The molecule has 6 nitrogen and oxygen atoms in total. The lowest BCUT2D eigenvalue weighted by Crippen LogP contribution is -2.31. The Morgan fingerprint density at radius 1 is 1.50 bits per heavy atom. The Kier molecular flexibility index (Phi) is 3.37. The zero-order chi connectivity index (χ0) is 13.3. The molecule has 8 heteroatoms. The fraction of sp³-hybridized carbons (Fsp3) is 0. The molecule has 0 fully saturated rings. The Hall–Kier alpha value is -1.83. The molecule has 0 aliphatic rings. The number of hydrogen-bond donors (Lipinski definition) is 3. The van der Waals surface area contributed by atoms with Gasteiger partial charge >= 0.3 is 0 Å². The van der Waals surface area contributed by atoms with Gasteiger partial charge in [0.05, 0.1) is 20.5 Å². The van der Waals surface area contributed by atoms with Crippen LogP contribution in [0.5, 0.6) is 0 Å². The predicted octanol–water partition coefficient (Wildman–Crippen LogP) is 1.33. The third-order valence-corrected chi connectivity index (χ3v) is 3.54. The van der Waals surface area contributed by atoms with Gasteiger partial charge in [-0.25, -0.2) is 10.9 Å². The summed E-state index contributed by atoms with van der Waals surface area (Å²) in [6.07, 6.45) is 0.378. The minimum Gasteiger partial charge on any atom is -0.365 e. The molecule has 0 atom stereocenters. The molecule has 2 aromatic rings. The second-order valence-electron chi connectivity index (χ2n) is 3.43. The highest BCUT2D eigenvalue weighted by atomic mass is 35.5. The second kappa shape index (κ2) is 4.81. The van der Waals surface area contributed by atoms with Crippen molar-refractivity contribution in [2.24, 2.45) is 11.6 Å². The number of hydrazine groups is 1. The number of aromatic amines is 1. The van der Waals surface area contributed by atoms with Gasteiger partial charge in [-0.3, -0.25) is 9.59 Å². The van der Waals surface area contributed by atoms with Crippen LogP contribution in [0.25, 0.3) is 10.6 Å². The van der Waals surface area contributed by atoms with Crippen LogP contribution >= 0.6 is 22.9 Å². The summed E-state index contributed by atoms with van der Waals surface area (Å²) in [5.74, 6) is 4.91. The number of nitrogens with two attached hydrogens (primary N) is 2. The minimum atomic E-state index is -0.674. The van der Waals surface area contributed by atoms with E-state index < -0.39 is 5.91 Å². The molecule has 0 saturated heterocycles. The van der Waals surface area contributed by atoms with Gasteiger partial charge in [-0.2, -0.15) is 0 Å². The smallest absolute Gasteiger partial charge is 0.252 e. The van der Waals surface area contributed by atoms with Gasteiger partial charge in [0.25, 0.3) is 5.91 Å². The number of thiophene rings is 1. The van der Waals surface area contributed by atoms with Crippen LogP contribution in [0.3, 0.4) is 0 Å². The SMILES string of the molecule is NC(=O)c1cc(-c2ccc(Cl)s2)[nH]c1N(N)C=O. The van der Waals surface area contributed by atoms with Crippen LogP contribution in [0.2, 0.25) is 4.34 Å². The summed E-state index contributed by atoms with van der Waals surface area (Å²) < 4.78 is 0.613. The van der Waals surface area contributed by atoms with Crippen molar-refractivity contribution < 1.29 is 9.59 Å². The molecule has 0 aliphatic heterocycles. The molecular formula is C10H9ClN4O2S. The minimum absolute atomic E-state index is 0.143. The molecule has 0 unspecified atom stereocenters. The third-order valence-electron chi connectivity index (χ3n) is 2.27. The van der Waals surface area contributed by atoms with Gasteiger partial charge in [-0.05, 0) is 18.2 Å². The van der Waals surface area contributed by atoms with Gasteiger partial charge in [0.15, 0.2) is 0 Å². The molecule has 18 heavy (non-hydrogen) atoms.